The molecule has 23 heavy (non-hydrogen) atoms. The minimum Gasteiger partial charge on any atom is -0.400 e. The van der Waals surface area contributed by atoms with Crippen LogP contribution in [0.4, 0.5) is 10.1 Å². The fourth-order valence-corrected chi connectivity index (χ4v) is 2.43. The molecule has 1 aliphatic rings. The van der Waals surface area contributed by atoms with Crippen molar-refractivity contribution in [2.45, 2.75) is 45.8 Å². The summed E-state index contributed by atoms with van der Waals surface area (Å²) < 4.78 is 26.6. The second kappa shape index (κ2) is 6.26. The Hall–Kier alpha value is -1.37. The first-order valence-corrected chi connectivity index (χ1v) is 7.84. The summed E-state index contributed by atoms with van der Waals surface area (Å²) in [6, 6.07) is 3.39. The van der Waals surface area contributed by atoms with Crippen LogP contribution in [0.2, 0.25) is 0 Å². The predicted octanol–water partition coefficient (Wildman–Crippen LogP) is 2.95. The van der Waals surface area contributed by atoms with Gasteiger partial charge in [0.05, 0.1) is 11.2 Å². The standard InChI is InChI=1S/C17H26BFN2O2/c1-11-14(20)8-7-12(15(11)19)9-13(10-21-6)18-22-16(2,3)17(4,5)23-18/h7-9,21H,10,20H2,1-6H3. The van der Waals surface area contributed by atoms with Crippen LogP contribution in [0.3, 0.4) is 0 Å². The fourth-order valence-electron chi connectivity index (χ4n) is 2.43. The van der Waals surface area contributed by atoms with Gasteiger partial charge < -0.3 is 20.4 Å². The van der Waals surface area contributed by atoms with Gasteiger partial charge in [0.15, 0.2) is 0 Å². The van der Waals surface area contributed by atoms with Crippen LogP contribution in [0, 0.1) is 12.7 Å². The lowest BCUT2D eigenvalue weighted by atomic mass is 9.77. The van der Waals surface area contributed by atoms with Crippen LogP contribution < -0.4 is 11.1 Å². The smallest absolute Gasteiger partial charge is 0.400 e. The quantitative estimate of drug-likeness (QED) is 0.661. The largest absolute Gasteiger partial charge is 0.491 e. The Balaban J connectivity index is 2.38. The Morgan fingerprint density at radius 1 is 1.26 bits per heavy atom. The monoisotopic (exact) mass is 320 g/mol. The van der Waals surface area contributed by atoms with Gasteiger partial charge in [-0.15, -0.1) is 0 Å². The Labute approximate surface area is 138 Å². The predicted molar refractivity (Wildman–Crippen MR) is 93.5 cm³/mol. The van der Waals surface area contributed by atoms with E-state index in [1.165, 1.54) is 0 Å². The fraction of sp³-hybridized carbons (Fsp3) is 0.529. The van der Waals surface area contributed by atoms with E-state index in [9.17, 15) is 4.39 Å². The third-order valence-corrected chi connectivity index (χ3v) is 4.74. The van der Waals surface area contributed by atoms with Gasteiger partial charge in [0.25, 0.3) is 0 Å². The first-order chi connectivity index (χ1) is 10.6. The van der Waals surface area contributed by atoms with E-state index in [4.69, 9.17) is 15.0 Å². The molecule has 0 spiro atoms. The highest BCUT2D eigenvalue weighted by atomic mass is 19.1. The van der Waals surface area contributed by atoms with E-state index in [-0.39, 0.29) is 5.82 Å². The van der Waals surface area contributed by atoms with Crippen molar-refractivity contribution in [3.05, 3.63) is 34.5 Å². The first-order valence-electron chi connectivity index (χ1n) is 7.84. The number of benzene rings is 1. The molecule has 4 nitrogen and oxygen atoms in total. The summed E-state index contributed by atoms with van der Waals surface area (Å²) in [5, 5.41) is 3.09. The molecule has 1 heterocycles. The van der Waals surface area contributed by atoms with Gasteiger partial charge in [0.1, 0.15) is 5.82 Å². The minimum atomic E-state index is -0.510. The molecule has 0 bridgehead atoms. The molecule has 0 amide bonds. The average Bonchev–Trinajstić information content (AvgIpc) is 2.67. The Morgan fingerprint density at radius 3 is 2.35 bits per heavy atom. The van der Waals surface area contributed by atoms with Crippen LogP contribution in [0.5, 0.6) is 0 Å². The van der Waals surface area contributed by atoms with Crippen molar-refractivity contribution in [2.24, 2.45) is 0 Å². The molecule has 0 atom stereocenters. The second-order valence-corrected chi connectivity index (χ2v) is 7.02. The van der Waals surface area contributed by atoms with E-state index in [1.54, 1.807) is 25.1 Å². The van der Waals surface area contributed by atoms with E-state index in [2.05, 4.69) is 5.32 Å². The number of likely N-dealkylation sites (N-methyl/N-ethyl adjacent to an activating group) is 1. The third kappa shape index (κ3) is 3.44. The summed E-state index contributed by atoms with van der Waals surface area (Å²) in [6.07, 6.45) is 1.78. The highest BCUT2D eigenvalue weighted by molar-refractivity contribution is 6.55. The van der Waals surface area contributed by atoms with Crippen molar-refractivity contribution in [1.82, 2.24) is 5.32 Å². The summed E-state index contributed by atoms with van der Waals surface area (Å²) in [5.74, 6) is -0.310. The number of hydrogen-bond donors (Lipinski definition) is 2. The molecule has 0 radical (unpaired) electrons. The van der Waals surface area contributed by atoms with Gasteiger partial charge in [-0.05, 0) is 53.2 Å². The number of nitrogen functional groups attached to an aromatic ring is 1. The first kappa shape index (κ1) is 18.0. The number of hydrogen-bond acceptors (Lipinski definition) is 4. The summed E-state index contributed by atoms with van der Waals surface area (Å²) in [6.45, 7) is 10.2. The van der Waals surface area contributed by atoms with E-state index < -0.39 is 18.3 Å². The summed E-state index contributed by atoms with van der Waals surface area (Å²) in [5.41, 5.74) is 7.12. The number of anilines is 1. The highest BCUT2D eigenvalue weighted by Gasteiger charge is 2.52. The maximum Gasteiger partial charge on any atom is 0.491 e. The van der Waals surface area contributed by atoms with Crippen LogP contribution in [0.25, 0.3) is 6.08 Å². The lowest BCUT2D eigenvalue weighted by Crippen LogP contribution is -2.41. The molecule has 1 fully saturated rings. The minimum absolute atomic E-state index is 0.310. The van der Waals surface area contributed by atoms with Crippen LogP contribution >= 0.6 is 0 Å². The van der Waals surface area contributed by atoms with Crippen LogP contribution in [-0.4, -0.2) is 31.9 Å². The maximum atomic E-state index is 14.4. The molecule has 0 aromatic heterocycles. The molecule has 1 saturated heterocycles. The number of rotatable bonds is 4. The van der Waals surface area contributed by atoms with Crippen molar-refractivity contribution in [1.29, 1.82) is 0 Å². The van der Waals surface area contributed by atoms with E-state index in [0.29, 0.717) is 23.4 Å². The number of nitrogens with one attached hydrogen (secondary N) is 1. The Morgan fingerprint density at radius 2 is 1.83 bits per heavy atom. The zero-order chi connectivity index (χ0) is 17.4. The van der Waals surface area contributed by atoms with E-state index >= 15 is 0 Å². The topological polar surface area (TPSA) is 56.5 Å². The van der Waals surface area contributed by atoms with Gasteiger partial charge in [-0.2, -0.15) is 0 Å². The van der Waals surface area contributed by atoms with Gasteiger partial charge in [-0.3, -0.25) is 0 Å². The van der Waals surface area contributed by atoms with Gasteiger partial charge in [-0.1, -0.05) is 12.1 Å². The molecule has 6 heteroatoms. The van der Waals surface area contributed by atoms with E-state index in [1.807, 2.05) is 34.7 Å². The van der Waals surface area contributed by atoms with Gasteiger partial charge in [0, 0.05) is 23.4 Å². The highest BCUT2D eigenvalue weighted by Crippen LogP contribution is 2.38. The van der Waals surface area contributed by atoms with Crippen molar-refractivity contribution in [2.75, 3.05) is 19.3 Å². The Bertz CT molecular complexity index is 613. The number of halogens is 1. The van der Waals surface area contributed by atoms with Crippen molar-refractivity contribution >= 4 is 18.9 Å². The van der Waals surface area contributed by atoms with E-state index in [0.717, 1.165) is 5.47 Å². The molecule has 3 N–H and O–H groups in total. The summed E-state index contributed by atoms with van der Waals surface area (Å²) in [7, 11) is 1.33. The summed E-state index contributed by atoms with van der Waals surface area (Å²) in [4.78, 5) is 0. The molecule has 0 saturated carbocycles. The molecule has 1 aromatic rings. The summed E-state index contributed by atoms with van der Waals surface area (Å²) >= 11 is 0. The van der Waals surface area contributed by atoms with Gasteiger partial charge in [0.2, 0.25) is 0 Å². The number of nitrogens with two attached hydrogens (primary N) is 1. The van der Waals surface area contributed by atoms with Crippen LogP contribution in [0.15, 0.2) is 17.6 Å². The lowest BCUT2D eigenvalue weighted by Gasteiger charge is -2.32. The average molecular weight is 320 g/mol. The molecule has 1 aromatic carbocycles. The molecular weight excluding hydrogens is 294 g/mol. The van der Waals surface area contributed by atoms with Gasteiger partial charge in [-0.25, -0.2) is 4.39 Å². The molecule has 1 aliphatic heterocycles. The molecule has 0 aliphatic carbocycles. The van der Waals surface area contributed by atoms with Gasteiger partial charge >= 0.3 is 7.12 Å². The zero-order valence-electron chi connectivity index (χ0n) is 14.8. The molecular formula is C17H26BFN2O2. The normalized spacial score (nSPS) is 20.1. The molecule has 126 valence electrons. The lowest BCUT2D eigenvalue weighted by molar-refractivity contribution is 0.00578. The second-order valence-electron chi connectivity index (χ2n) is 7.02. The zero-order valence-corrected chi connectivity index (χ0v) is 14.8. The van der Waals surface area contributed by atoms with Crippen LogP contribution in [0.1, 0.15) is 38.8 Å². The SMILES string of the molecule is CNCC(=Cc1ccc(N)c(C)c1F)B1OC(C)(C)C(C)(C)O1. The maximum absolute atomic E-state index is 14.4. The van der Waals surface area contributed by atoms with Crippen molar-refractivity contribution < 1.29 is 13.7 Å². The Kier molecular flexibility index (Phi) is 4.90. The van der Waals surface area contributed by atoms with Crippen molar-refractivity contribution in [3.63, 3.8) is 0 Å². The van der Waals surface area contributed by atoms with Crippen molar-refractivity contribution in [3.8, 4) is 0 Å². The third-order valence-electron chi connectivity index (χ3n) is 4.74. The molecule has 2 rings (SSSR count). The van der Waals surface area contributed by atoms with Crippen LogP contribution in [-0.2, 0) is 9.31 Å². The molecule has 0 unspecified atom stereocenters.